The first-order chi connectivity index (χ1) is 13.2. The Hall–Kier alpha value is -2.99. The lowest BCUT2D eigenvalue weighted by molar-refractivity contribution is 0.239. The Kier molecular flexibility index (Phi) is 4.98. The number of nitrogens with one attached hydrogen (secondary N) is 1. The summed E-state index contributed by atoms with van der Waals surface area (Å²) in [5.74, 6) is 1.14. The van der Waals surface area contributed by atoms with Gasteiger partial charge in [-0.2, -0.15) is 0 Å². The van der Waals surface area contributed by atoms with Crippen LogP contribution in [-0.4, -0.2) is 28.5 Å². The van der Waals surface area contributed by atoms with E-state index in [1.807, 2.05) is 42.6 Å². The molecule has 2 aromatic carbocycles. The summed E-state index contributed by atoms with van der Waals surface area (Å²) in [6, 6.07) is 14.6. The van der Waals surface area contributed by atoms with Gasteiger partial charge in [-0.25, -0.2) is 14.4 Å². The molecular weight excluding hydrogens is 343 g/mol. The number of hydrogen-bond acceptors (Lipinski definition) is 5. The van der Waals surface area contributed by atoms with Crippen molar-refractivity contribution in [2.24, 2.45) is 0 Å². The molecule has 0 fully saturated rings. The van der Waals surface area contributed by atoms with Gasteiger partial charge in [-0.15, -0.1) is 0 Å². The number of methoxy groups -OCH3 is 1. The second kappa shape index (κ2) is 7.72. The van der Waals surface area contributed by atoms with Crippen LogP contribution in [0.1, 0.15) is 16.8 Å². The van der Waals surface area contributed by atoms with Gasteiger partial charge in [0.25, 0.3) is 0 Å². The van der Waals surface area contributed by atoms with Gasteiger partial charge in [0, 0.05) is 43.4 Å². The molecule has 3 aromatic rings. The van der Waals surface area contributed by atoms with E-state index in [-0.39, 0.29) is 5.82 Å². The van der Waals surface area contributed by atoms with E-state index >= 15 is 0 Å². The highest BCUT2D eigenvalue weighted by molar-refractivity contribution is 5.62. The molecule has 0 bridgehead atoms. The highest BCUT2D eigenvalue weighted by atomic mass is 19.1. The van der Waals surface area contributed by atoms with Crippen LogP contribution in [0.2, 0.25) is 0 Å². The van der Waals surface area contributed by atoms with Crippen molar-refractivity contribution in [2.75, 3.05) is 19.0 Å². The fraction of sp³-hybridized carbons (Fsp3) is 0.238. The number of benzene rings is 2. The van der Waals surface area contributed by atoms with Gasteiger partial charge >= 0.3 is 0 Å². The van der Waals surface area contributed by atoms with Gasteiger partial charge in [-0.1, -0.05) is 30.3 Å². The summed E-state index contributed by atoms with van der Waals surface area (Å²) in [4.78, 5) is 11.3. The Bertz CT molecular complexity index is 947. The fourth-order valence-corrected chi connectivity index (χ4v) is 3.31. The molecule has 1 aliphatic heterocycles. The van der Waals surface area contributed by atoms with Crippen molar-refractivity contribution >= 4 is 11.6 Å². The standard InChI is InChI=1S/C21H21FN4O/c1-27-20-9-5-4-8-19(20)25-21-23-12-16-14-26(11-10-18(16)24-21)13-15-6-2-3-7-17(15)22/h2-9,12H,10-11,13-14H2,1H3,(H,23,24,25). The highest BCUT2D eigenvalue weighted by Crippen LogP contribution is 2.27. The third-order valence-corrected chi connectivity index (χ3v) is 4.72. The monoisotopic (exact) mass is 364 g/mol. The topological polar surface area (TPSA) is 50.3 Å². The van der Waals surface area contributed by atoms with Crippen LogP contribution >= 0.6 is 0 Å². The quantitative estimate of drug-likeness (QED) is 0.743. The zero-order valence-corrected chi connectivity index (χ0v) is 15.2. The molecule has 1 aromatic heterocycles. The average molecular weight is 364 g/mol. The third kappa shape index (κ3) is 3.90. The number of anilines is 2. The number of fused-ring (bicyclic) bond motifs is 1. The molecule has 27 heavy (non-hydrogen) atoms. The molecule has 0 atom stereocenters. The van der Waals surface area contributed by atoms with Crippen molar-refractivity contribution in [2.45, 2.75) is 19.5 Å². The van der Waals surface area contributed by atoms with E-state index in [1.54, 1.807) is 13.2 Å². The van der Waals surface area contributed by atoms with Crippen molar-refractivity contribution in [1.82, 2.24) is 14.9 Å². The van der Waals surface area contributed by atoms with Crippen molar-refractivity contribution in [1.29, 1.82) is 0 Å². The molecule has 6 heteroatoms. The van der Waals surface area contributed by atoms with Crippen LogP contribution in [-0.2, 0) is 19.5 Å². The molecule has 2 heterocycles. The van der Waals surface area contributed by atoms with Crippen molar-refractivity contribution in [3.63, 3.8) is 0 Å². The second-order valence-electron chi connectivity index (χ2n) is 6.54. The molecular formula is C21H21FN4O. The Morgan fingerprint density at radius 2 is 1.96 bits per heavy atom. The Labute approximate surface area is 157 Å². The molecule has 138 valence electrons. The Morgan fingerprint density at radius 3 is 2.81 bits per heavy atom. The van der Waals surface area contributed by atoms with E-state index in [0.29, 0.717) is 12.5 Å². The molecule has 5 nitrogen and oxygen atoms in total. The molecule has 4 rings (SSSR count). The number of aromatic nitrogens is 2. The van der Waals surface area contributed by atoms with E-state index < -0.39 is 0 Å². The smallest absolute Gasteiger partial charge is 0.227 e. The van der Waals surface area contributed by atoms with Crippen LogP contribution in [0.5, 0.6) is 5.75 Å². The number of nitrogens with zero attached hydrogens (tertiary/aromatic N) is 3. The summed E-state index contributed by atoms with van der Waals surface area (Å²) in [7, 11) is 1.64. The largest absolute Gasteiger partial charge is 0.495 e. The number of para-hydroxylation sites is 2. The van der Waals surface area contributed by atoms with Crippen molar-refractivity contribution < 1.29 is 9.13 Å². The summed E-state index contributed by atoms with van der Waals surface area (Å²) in [6.45, 7) is 2.15. The predicted octanol–water partition coefficient (Wildman–Crippen LogP) is 3.93. The molecule has 0 aliphatic carbocycles. The molecule has 1 N–H and O–H groups in total. The maximum atomic E-state index is 13.9. The van der Waals surface area contributed by atoms with Gasteiger partial charge in [-0.05, 0) is 18.2 Å². The normalized spacial score (nSPS) is 13.9. The van der Waals surface area contributed by atoms with Crippen LogP contribution in [0.25, 0.3) is 0 Å². The van der Waals surface area contributed by atoms with E-state index in [4.69, 9.17) is 4.74 Å². The number of ether oxygens (including phenoxy) is 1. The van der Waals surface area contributed by atoms with Gasteiger partial charge in [0.1, 0.15) is 11.6 Å². The highest BCUT2D eigenvalue weighted by Gasteiger charge is 2.19. The summed E-state index contributed by atoms with van der Waals surface area (Å²) in [5, 5.41) is 3.22. The van der Waals surface area contributed by atoms with E-state index in [0.717, 1.165) is 47.8 Å². The van der Waals surface area contributed by atoms with E-state index in [1.165, 1.54) is 6.07 Å². The fourth-order valence-electron chi connectivity index (χ4n) is 3.31. The minimum atomic E-state index is -0.157. The SMILES string of the molecule is COc1ccccc1Nc1ncc2c(n1)CCN(Cc1ccccc1F)C2. The third-order valence-electron chi connectivity index (χ3n) is 4.72. The van der Waals surface area contributed by atoms with Crippen LogP contribution in [0.15, 0.2) is 54.7 Å². The molecule has 1 aliphatic rings. The zero-order valence-electron chi connectivity index (χ0n) is 15.2. The first-order valence-corrected chi connectivity index (χ1v) is 8.93. The molecule has 0 unspecified atom stereocenters. The average Bonchev–Trinajstić information content (AvgIpc) is 2.70. The summed E-state index contributed by atoms with van der Waals surface area (Å²) in [6.07, 6.45) is 2.67. The predicted molar refractivity (Wildman–Crippen MR) is 103 cm³/mol. The molecule has 0 amide bonds. The van der Waals surface area contributed by atoms with Gasteiger partial charge in [0.2, 0.25) is 5.95 Å². The second-order valence-corrected chi connectivity index (χ2v) is 6.54. The number of hydrogen-bond donors (Lipinski definition) is 1. The molecule has 0 saturated heterocycles. The lowest BCUT2D eigenvalue weighted by Gasteiger charge is -2.28. The van der Waals surface area contributed by atoms with Gasteiger partial charge in [0.05, 0.1) is 18.5 Å². The number of rotatable bonds is 5. The van der Waals surface area contributed by atoms with Crippen LogP contribution in [0.3, 0.4) is 0 Å². The maximum Gasteiger partial charge on any atom is 0.227 e. The molecule has 0 radical (unpaired) electrons. The van der Waals surface area contributed by atoms with Crippen molar-refractivity contribution in [3.05, 3.63) is 77.4 Å². The first-order valence-electron chi connectivity index (χ1n) is 8.93. The van der Waals surface area contributed by atoms with Crippen LogP contribution in [0.4, 0.5) is 16.0 Å². The lowest BCUT2D eigenvalue weighted by atomic mass is 10.1. The van der Waals surface area contributed by atoms with Gasteiger partial charge < -0.3 is 10.1 Å². The Morgan fingerprint density at radius 1 is 1.15 bits per heavy atom. The van der Waals surface area contributed by atoms with E-state index in [2.05, 4.69) is 20.2 Å². The van der Waals surface area contributed by atoms with Crippen molar-refractivity contribution in [3.8, 4) is 5.75 Å². The first kappa shape index (κ1) is 17.4. The molecule has 0 saturated carbocycles. The molecule has 0 spiro atoms. The maximum absolute atomic E-state index is 13.9. The summed E-state index contributed by atoms with van der Waals surface area (Å²) >= 11 is 0. The van der Waals surface area contributed by atoms with Crippen LogP contribution in [0, 0.1) is 5.82 Å². The van der Waals surface area contributed by atoms with E-state index in [9.17, 15) is 4.39 Å². The summed E-state index contributed by atoms with van der Waals surface area (Å²) < 4.78 is 19.2. The minimum absolute atomic E-state index is 0.157. The van der Waals surface area contributed by atoms with Crippen LogP contribution < -0.4 is 10.1 Å². The Balaban J connectivity index is 1.47. The lowest BCUT2D eigenvalue weighted by Crippen LogP contribution is -2.31. The van der Waals surface area contributed by atoms with Gasteiger partial charge in [0.15, 0.2) is 0 Å². The van der Waals surface area contributed by atoms with Gasteiger partial charge in [-0.3, -0.25) is 4.90 Å². The minimum Gasteiger partial charge on any atom is -0.495 e. The zero-order chi connectivity index (χ0) is 18.6. The summed E-state index contributed by atoms with van der Waals surface area (Å²) in [5.41, 5.74) is 3.67. The number of halogens is 1.